The lowest BCUT2D eigenvalue weighted by atomic mass is 10.1. The fourth-order valence-corrected chi connectivity index (χ4v) is 6.20. The summed E-state index contributed by atoms with van der Waals surface area (Å²) < 4.78 is 30.0. The van der Waals surface area contributed by atoms with Gasteiger partial charge < -0.3 is 10.1 Å². The maximum atomic E-state index is 12.6. The number of nitriles is 1. The molecule has 0 bridgehead atoms. The Morgan fingerprint density at radius 2 is 2.00 bits per heavy atom. The van der Waals surface area contributed by atoms with E-state index in [-0.39, 0.29) is 6.54 Å². The minimum Gasteiger partial charge on any atom is -0.451 e. The highest BCUT2D eigenvalue weighted by Gasteiger charge is 2.38. The Morgan fingerprint density at radius 3 is 2.69 bits per heavy atom. The summed E-state index contributed by atoms with van der Waals surface area (Å²) in [4.78, 5) is 26.1. The first-order chi connectivity index (χ1) is 13.7. The van der Waals surface area contributed by atoms with Crippen LogP contribution in [-0.2, 0) is 37.2 Å². The SMILES string of the molecule is C[C@H](OC(=O)[C@H]1CCCN1S(C)(=O)=O)C(=O)Nc1sc2c(c1C#N)CCCCC2. The van der Waals surface area contributed by atoms with Crippen molar-refractivity contribution < 1.29 is 22.7 Å². The van der Waals surface area contributed by atoms with Gasteiger partial charge in [0.1, 0.15) is 17.1 Å². The fraction of sp³-hybridized carbons (Fsp3) is 0.632. The van der Waals surface area contributed by atoms with Crippen molar-refractivity contribution in [3.8, 4) is 6.07 Å². The van der Waals surface area contributed by atoms with Crippen LogP contribution in [0, 0.1) is 11.3 Å². The van der Waals surface area contributed by atoms with Gasteiger partial charge in [-0.2, -0.15) is 9.57 Å². The molecule has 0 radical (unpaired) electrons. The van der Waals surface area contributed by atoms with Crippen molar-refractivity contribution in [2.75, 3.05) is 18.1 Å². The van der Waals surface area contributed by atoms with Crippen LogP contribution in [0.15, 0.2) is 0 Å². The molecule has 2 aliphatic rings. The number of fused-ring (bicyclic) bond motifs is 1. The number of carbonyl (C=O) groups excluding carboxylic acids is 2. The predicted molar refractivity (Wildman–Crippen MR) is 109 cm³/mol. The molecule has 158 valence electrons. The molecule has 0 unspecified atom stereocenters. The van der Waals surface area contributed by atoms with Crippen molar-refractivity contribution in [1.29, 1.82) is 5.26 Å². The molecule has 1 aromatic rings. The van der Waals surface area contributed by atoms with Crippen molar-refractivity contribution >= 4 is 38.2 Å². The molecular weight excluding hydrogens is 414 g/mol. The number of nitrogens with zero attached hydrogens (tertiary/aromatic N) is 2. The summed E-state index contributed by atoms with van der Waals surface area (Å²) in [6, 6.07) is 1.30. The largest absolute Gasteiger partial charge is 0.451 e. The Bertz CT molecular complexity index is 948. The number of sulfonamides is 1. The molecule has 2 heterocycles. The van der Waals surface area contributed by atoms with E-state index in [2.05, 4.69) is 11.4 Å². The molecule has 29 heavy (non-hydrogen) atoms. The first kappa shape index (κ1) is 21.7. The van der Waals surface area contributed by atoms with Gasteiger partial charge in [-0.25, -0.2) is 8.42 Å². The van der Waals surface area contributed by atoms with Gasteiger partial charge in [0.2, 0.25) is 10.0 Å². The maximum absolute atomic E-state index is 12.6. The highest BCUT2D eigenvalue weighted by molar-refractivity contribution is 7.88. The van der Waals surface area contributed by atoms with Gasteiger partial charge in [0.25, 0.3) is 5.91 Å². The maximum Gasteiger partial charge on any atom is 0.325 e. The van der Waals surface area contributed by atoms with Crippen LogP contribution in [-0.4, -0.2) is 49.5 Å². The Morgan fingerprint density at radius 1 is 1.28 bits per heavy atom. The van der Waals surface area contributed by atoms with Gasteiger partial charge in [-0.3, -0.25) is 9.59 Å². The van der Waals surface area contributed by atoms with Gasteiger partial charge in [0, 0.05) is 11.4 Å². The number of amides is 1. The number of hydrogen-bond acceptors (Lipinski definition) is 7. The number of carbonyl (C=O) groups is 2. The zero-order valence-corrected chi connectivity index (χ0v) is 18.2. The van der Waals surface area contributed by atoms with Gasteiger partial charge in [-0.05, 0) is 51.0 Å². The molecule has 1 saturated heterocycles. The molecule has 0 aromatic carbocycles. The normalized spacial score (nSPS) is 20.9. The highest BCUT2D eigenvalue weighted by atomic mass is 32.2. The molecule has 0 spiro atoms. The number of esters is 1. The first-order valence-electron chi connectivity index (χ1n) is 9.75. The van der Waals surface area contributed by atoms with Crippen molar-refractivity contribution in [2.24, 2.45) is 0 Å². The molecule has 8 nitrogen and oxygen atoms in total. The number of aryl methyl sites for hydroxylation is 1. The molecule has 1 amide bonds. The summed E-state index contributed by atoms with van der Waals surface area (Å²) in [5.74, 6) is -1.26. The van der Waals surface area contributed by atoms with Gasteiger partial charge in [-0.1, -0.05) is 6.42 Å². The molecular formula is C19H25N3O5S2. The number of rotatable bonds is 5. The van der Waals surface area contributed by atoms with E-state index in [0.717, 1.165) is 53.1 Å². The first-order valence-corrected chi connectivity index (χ1v) is 12.4. The zero-order chi connectivity index (χ0) is 21.2. The second kappa shape index (κ2) is 8.81. The number of ether oxygens (including phenoxy) is 1. The monoisotopic (exact) mass is 439 g/mol. The van der Waals surface area contributed by atoms with Crippen LogP contribution < -0.4 is 5.32 Å². The van der Waals surface area contributed by atoms with E-state index < -0.39 is 34.0 Å². The second-order valence-electron chi connectivity index (χ2n) is 7.48. The fourth-order valence-electron chi connectivity index (χ4n) is 3.84. The number of anilines is 1. The van der Waals surface area contributed by atoms with Gasteiger partial charge in [0.15, 0.2) is 6.10 Å². The van der Waals surface area contributed by atoms with Gasteiger partial charge in [0.05, 0.1) is 11.8 Å². The van der Waals surface area contributed by atoms with Crippen LogP contribution in [0.2, 0.25) is 0 Å². The van der Waals surface area contributed by atoms with Crippen molar-refractivity contribution in [3.05, 3.63) is 16.0 Å². The minimum absolute atomic E-state index is 0.269. The third kappa shape index (κ3) is 4.79. The lowest BCUT2D eigenvalue weighted by Crippen LogP contribution is -2.43. The predicted octanol–water partition coefficient (Wildman–Crippen LogP) is 2.18. The Hall–Kier alpha value is -1.96. The summed E-state index contributed by atoms with van der Waals surface area (Å²) in [6.07, 6.45) is 5.85. The third-order valence-electron chi connectivity index (χ3n) is 5.33. The summed E-state index contributed by atoms with van der Waals surface area (Å²) in [5.41, 5.74) is 1.52. The van der Waals surface area contributed by atoms with Crippen LogP contribution in [0.4, 0.5) is 5.00 Å². The molecule has 1 fully saturated rings. The Kier molecular flexibility index (Phi) is 6.61. The van der Waals surface area contributed by atoms with E-state index >= 15 is 0 Å². The van der Waals surface area contributed by atoms with E-state index in [1.54, 1.807) is 0 Å². The Labute approximate surface area is 174 Å². The summed E-state index contributed by atoms with van der Waals surface area (Å²) >= 11 is 1.41. The van der Waals surface area contributed by atoms with Crippen LogP contribution in [0.1, 0.15) is 55.0 Å². The van der Waals surface area contributed by atoms with Gasteiger partial charge >= 0.3 is 5.97 Å². The van der Waals surface area contributed by atoms with Crippen LogP contribution in [0.25, 0.3) is 0 Å². The average Bonchev–Trinajstić information content (AvgIpc) is 3.20. The van der Waals surface area contributed by atoms with Crippen LogP contribution >= 0.6 is 11.3 Å². The molecule has 3 rings (SSSR count). The summed E-state index contributed by atoms with van der Waals surface area (Å²) in [7, 11) is -3.52. The Balaban J connectivity index is 1.67. The smallest absolute Gasteiger partial charge is 0.325 e. The molecule has 0 saturated carbocycles. The zero-order valence-electron chi connectivity index (χ0n) is 16.6. The molecule has 1 N–H and O–H groups in total. The lowest BCUT2D eigenvalue weighted by molar-refractivity contribution is -0.156. The second-order valence-corrected chi connectivity index (χ2v) is 10.5. The summed E-state index contributed by atoms with van der Waals surface area (Å²) in [6.45, 7) is 1.71. The quantitative estimate of drug-likeness (QED) is 0.555. The molecule has 1 aliphatic carbocycles. The van der Waals surface area contributed by atoms with Crippen LogP contribution in [0.3, 0.4) is 0 Å². The van der Waals surface area contributed by atoms with E-state index in [4.69, 9.17) is 4.74 Å². The molecule has 10 heteroatoms. The van der Waals surface area contributed by atoms with E-state index in [1.807, 2.05) is 0 Å². The lowest BCUT2D eigenvalue weighted by Gasteiger charge is -2.22. The van der Waals surface area contributed by atoms with Gasteiger partial charge in [-0.15, -0.1) is 11.3 Å². The number of hydrogen-bond donors (Lipinski definition) is 1. The van der Waals surface area contributed by atoms with E-state index in [9.17, 15) is 23.3 Å². The number of thiophene rings is 1. The average molecular weight is 440 g/mol. The van der Waals surface area contributed by atoms with E-state index in [0.29, 0.717) is 23.4 Å². The topological polar surface area (TPSA) is 117 Å². The molecule has 1 aromatic heterocycles. The van der Waals surface area contributed by atoms with Crippen molar-refractivity contribution in [2.45, 2.75) is 64.0 Å². The van der Waals surface area contributed by atoms with E-state index in [1.165, 1.54) is 18.3 Å². The number of nitrogens with one attached hydrogen (secondary N) is 1. The molecule has 1 aliphatic heterocycles. The summed E-state index contributed by atoms with van der Waals surface area (Å²) in [5, 5.41) is 12.8. The highest BCUT2D eigenvalue weighted by Crippen LogP contribution is 2.37. The van der Waals surface area contributed by atoms with Crippen LogP contribution in [0.5, 0.6) is 0 Å². The van der Waals surface area contributed by atoms with Crippen molar-refractivity contribution in [1.82, 2.24) is 4.31 Å². The minimum atomic E-state index is -3.52. The standard InChI is InChI=1S/C19H25N3O5S2/c1-12(27-19(24)15-8-6-10-22(15)29(2,25)26)17(23)21-18-14(11-20)13-7-4-3-5-9-16(13)28-18/h12,15H,3-10H2,1-2H3,(H,21,23)/t12-,15+/m0/s1. The molecule has 2 atom stereocenters. The third-order valence-corrected chi connectivity index (χ3v) is 7.83. The van der Waals surface area contributed by atoms with Crippen molar-refractivity contribution in [3.63, 3.8) is 0 Å².